The van der Waals surface area contributed by atoms with Crippen LogP contribution >= 0.6 is 0 Å². The summed E-state index contributed by atoms with van der Waals surface area (Å²) in [5.41, 5.74) is 2.21. The molecule has 3 rings (SSSR count). The van der Waals surface area contributed by atoms with Gasteiger partial charge in [0, 0.05) is 0 Å². The van der Waals surface area contributed by atoms with Crippen LogP contribution in [0, 0.1) is 5.92 Å². The Labute approximate surface area is 130 Å². The molecular weight excluding hydrogens is 276 g/mol. The Balaban J connectivity index is 1.55. The zero-order valence-electron chi connectivity index (χ0n) is 12.7. The number of rotatable bonds is 5. The van der Waals surface area contributed by atoms with Gasteiger partial charge in [0.1, 0.15) is 12.4 Å². The maximum atomic E-state index is 12.3. The third-order valence-electron chi connectivity index (χ3n) is 4.35. The van der Waals surface area contributed by atoms with Crippen LogP contribution < -0.4 is 4.74 Å². The van der Waals surface area contributed by atoms with Gasteiger partial charge in [0.15, 0.2) is 0 Å². The Morgan fingerprint density at radius 2 is 1.77 bits per heavy atom. The van der Waals surface area contributed by atoms with E-state index in [1.807, 2.05) is 42.5 Å². The summed E-state index contributed by atoms with van der Waals surface area (Å²) < 4.78 is 10.6. The largest absolute Gasteiger partial charge is 0.497 e. The molecule has 2 atom stereocenters. The van der Waals surface area contributed by atoms with Crippen molar-refractivity contribution in [3.8, 4) is 5.75 Å². The van der Waals surface area contributed by atoms with Gasteiger partial charge >= 0.3 is 5.97 Å². The standard InChI is InChI=1S/C19H20O3/c1-21-16-9-7-14(8-10-16)13-22-19(20)18-12-11-17(18)15-5-3-2-4-6-15/h2-10,17-18H,11-13H2,1H3. The van der Waals surface area contributed by atoms with Gasteiger partial charge < -0.3 is 9.47 Å². The van der Waals surface area contributed by atoms with Crippen LogP contribution in [0.2, 0.25) is 0 Å². The lowest BCUT2D eigenvalue weighted by atomic mass is 9.70. The average Bonchev–Trinajstić information content (AvgIpc) is 2.53. The summed E-state index contributed by atoms with van der Waals surface area (Å²) in [5, 5.41) is 0. The van der Waals surface area contributed by atoms with Gasteiger partial charge in [-0.05, 0) is 42.0 Å². The summed E-state index contributed by atoms with van der Waals surface area (Å²) in [6.45, 7) is 0.320. The van der Waals surface area contributed by atoms with Crippen molar-refractivity contribution in [3.63, 3.8) is 0 Å². The molecular formula is C19H20O3. The molecule has 0 N–H and O–H groups in total. The molecule has 1 aliphatic rings. The number of carbonyl (C=O) groups excluding carboxylic acids is 1. The van der Waals surface area contributed by atoms with Crippen LogP contribution in [0.1, 0.15) is 29.9 Å². The second kappa shape index (κ2) is 6.65. The molecule has 1 aliphatic carbocycles. The van der Waals surface area contributed by atoms with E-state index in [9.17, 15) is 4.79 Å². The minimum atomic E-state index is -0.0871. The molecule has 0 radical (unpaired) electrons. The van der Waals surface area contributed by atoms with Gasteiger partial charge in [-0.25, -0.2) is 0 Å². The first-order chi connectivity index (χ1) is 10.8. The number of hydrogen-bond donors (Lipinski definition) is 0. The third-order valence-corrected chi connectivity index (χ3v) is 4.35. The zero-order chi connectivity index (χ0) is 15.4. The monoisotopic (exact) mass is 296 g/mol. The normalized spacial score (nSPS) is 20.0. The average molecular weight is 296 g/mol. The Morgan fingerprint density at radius 3 is 2.36 bits per heavy atom. The highest BCUT2D eigenvalue weighted by molar-refractivity contribution is 5.75. The van der Waals surface area contributed by atoms with E-state index in [4.69, 9.17) is 9.47 Å². The van der Waals surface area contributed by atoms with Gasteiger partial charge in [0.25, 0.3) is 0 Å². The van der Waals surface area contributed by atoms with Crippen molar-refractivity contribution in [1.29, 1.82) is 0 Å². The number of methoxy groups -OCH3 is 1. The molecule has 0 aliphatic heterocycles. The Morgan fingerprint density at radius 1 is 1.05 bits per heavy atom. The lowest BCUT2D eigenvalue weighted by molar-refractivity contribution is -0.154. The van der Waals surface area contributed by atoms with Crippen LogP contribution in [-0.4, -0.2) is 13.1 Å². The van der Waals surface area contributed by atoms with Crippen LogP contribution in [-0.2, 0) is 16.1 Å². The van der Waals surface area contributed by atoms with Crippen LogP contribution in [0.4, 0.5) is 0 Å². The second-order valence-electron chi connectivity index (χ2n) is 5.66. The molecule has 1 saturated carbocycles. The summed E-state index contributed by atoms with van der Waals surface area (Å²) in [6.07, 6.45) is 1.98. The van der Waals surface area contributed by atoms with E-state index in [0.29, 0.717) is 12.5 Å². The van der Waals surface area contributed by atoms with Crippen molar-refractivity contribution < 1.29 is 14.3 Å². The first-order valence-electron chi connectivity index (χ1n) is 7.62. The van der Waals surface area contributed by atoms with E-state index < -0.39 is 0 Å². The highest BCUT2D eigenvalue weighted by Crippen LogP contribution is 2.43. The predicted octanol–water partition coefficient (Wildman–Crippen LogP) is 3.93. The number of esters is 1. The van der Waals surface area contributed by atoms with E-state index >= 15 is 0 Å². The summed E-state index contributed by atoms with van der Waals surface area (Å²) in [6, 6.07) is 17.8. The summed E-state index contributed by atoms with van der Waals surface area (Å²) >= 11 is 0. The molecule has 2 aromatic rings. The highest BCUT2D eigenvalue weighted by atomic mass is 16.5. The van der Waals surface area contributed by atoms with Crippen molar-refractivity contribution in [2.45, 2.75) is 25.4 Å². The number of ether oxygens (including phenoxy) is 2. The first kappa shape index (κ1) is 14.6. The fraction of sp³-hybridized carbons (Fsp3) is 0.316. The van der Waals surface area contributed by atoms with E-state index in [1.165, 1.54) is 5.56 Å². The van der Waals surface area contributed by atoms with Gasteiger partial charge in [-0.15, -0.1) is 0 Å². The SMILES string of the molecule is COc1ccc(COC(=O)C2CCC2c2ccccc2)cc1. The predicted molar refractivity (Wildman–Crippen MR) is 84.7 cm³/mol. The molecule has 22 heavy (non-hydrogen) atoms. The summed E-state index contributed by atoms with van der Waals surface area (Å²) in [4.78, 5) is 12.3. The zero-order valence-corrected chi connectivity index (χ0v) is 12.7. The van der Waals surface area contributed by atoms with Crippen molar-refractivity contribution in [2.24, 2.45) is 5.92 Å². The lowest BCUT2D eigenvalue weighted by Crippen LogP contribution is -2.32. The molecule has 114 valence electrons. The maximum absolute atomic E-state index is 12.3. The van der Waals surface area contributed by atoms with Crippen molar-refractivity contribution in [1.82, 2.24) is 0 Å². The van der Waals surface area contributed by atoms with Crippen molar-refractivity contribution in [2.75, 3.05) is 7.11 Å². The molecule has 1 fully saturated rings. The van der Waals surface area contributed by atoms with Gasteiger partial charge in [-0.3, -0.25) is 4.79 Å². The fourth-order valence-corrected chi connectivity index (χ4v) is 2.86. The highest BCUT2D eigenvalue weighted by Gasteiger charge is 2.38. The van der Waals surface area contributed by atoms with Crippen LogP contribution in [0.15, 0.2) is 54.6 Å². The van der Waals surface area contributed by atoms with Crippen LogP contribution in [0.3, 0.4) is 0 Å². The Kier molecular flexibility index (Phi) is 4.42. The van der Waals surface area contributed by atoms with Gasteiger partial charge in [0.05, 0.1) is 13.0 Å². The molecule has 3 heteroatoms. The number of benzene rings is 2. The lowest BCUT2D eigenvalue weighted by Gasteiger charge is -2.35. The van der Waals surface area contributed by atoms with E-state index in [0.717, 1.165) is 24.2 Å². The van der Waals surface area contributed by atoms with E-state index in [2.05, 4.69) is 12.1 Å². The molecule has 0 aromatic heterocycles. The summed E-state index contributed by atoms with van der Waals surface area (Å²) in [5.74, 6) is 1.03. The number of hydrogen-bond acceptors (Lipinski definition) is 3. The minimum Gasteiger partial charge on any atom is -0.497 e. The smallest absolute Gasteiger partial charge is 0.309 e. The fourth-order valence-electron chi connectivity index (χ4n) is 2.86. The molecule has 0 amide bonds. The maximum Gasteiger partial charge on any atom is 0.309 e. The van der Waals surface area contributed by atoms with Gasteiger partial charge in [-0.2, -0.15) is 0 Å². The minimum absolute atomic E-state index is 0.000600. The Hall–Kier alpha value is -2.29. The quantitative estimate of drug-likeness (QED) is 0.784. The van der Waals surface area contributed by atoms with Crippen molar-refractivity contribution >= 4 is 5.97 Å². The Bertz CT molecular complexity index is 619. The second-order valence-corrected chi connectivity index (χ2v) is 5.66. The molecule has 0 heterocycles. The van der Waals surface area contributed by atoms with E-state index in [-0.39, 0.29) is 11.9 Å². The molecule has 0 spiro atoms. The molecule has 2 aromatic carbocycles. The molecule has 3 nitrogen and oxygen atoms in total. The molecule has 0 bridgehead atoms. The van der Waals surface area contributed by atoms with Crippen LogP contribution in [0.25, 0.3) is 0 Å². The molecule has 2 unspecified atom stereocenters. The first-order valence-corrected chi connectivity index (χ1v) is 7.62. The van der Waals surface area contributed by atoms with Crippen molar-refractivity contribution in [3.05, 3.63) is 65.7 Å². The van der Waals surface area contributed by atoms with Crippen LogP contribution in [0.5, 0.6) is 5.75 Å². The third kappa shape index (κ3) is 3.14. The number of carbonyl (C=O) groups is 1. The van der Waals surface area contributed by atoms with Gasteiger partial charge in [-0.1, -0.05) is 42.5 Å². The molecule has 0 saturated heterocycles. The van der Waals surface area contributed by atoms with Gasteiger partial charge in [0.2, 0.25) is 0 Å². The topological polar surface area (TPSA) is 35.5 Å². The van der Waals surface area contributed by atoms with E-state index in [1.54, 1.807) is 7.11 Å². The summed E-state index contributed by atoms with van der Waals surface area (Å²) in [7, 11) is 1.63.